The summed E-state index contributed by atoms with van der Waals surface area (Å²) in [5, 5.41) is 10.5. The van der Waals surface area contributed by atoms with Gasteiger partial charge in [0.1, 0.15) is 11.2 Å². The highest BCUT2D eigenvalue weighted by Gasteiger charge is 2.19. The maximum Gasteiger partial charge on any atom is 0.143 e. The average Bonchev–Trinajstić information content (AvgIpc) is 3.59. The lowest BCUT2D eigenvalue weighted by Gasteiger charge is -2.19. The number of nitrogens with one attached hydrogen (secondary N) is 1. The number of fused-ring (bicyclic) bond motifs is 6. The number of benzene rings is 7. The Morgan fingerprint density at radius 1 is 0.615 bits per heavy atom. The minimum Gasteiger partial charge on any atom is -0.455 e. The van der Waals surface area contributed by atoms with Gasteiger partial charge in [-0.1, -0.05) is 145 Å². The van der Waals surface area contributed by atoms with E-state index in [0.29, 0.717) is 12.2 Å². The zero-order chi connectivity index (χ0) is 35.0. The molecule has 1 heterocycles. The molecule has 0 saturated heterocycles. The van der Waals surface area contributed by atoms with Crippen molar-refractivity contribution in [3.05, 3.63) is 192 Å². The van der Waals surface area contributed by atoms with Gasteiger partial charge in [0.25, 0.3) is 0 Å². The Labute approximate surface area is 303 Å². The zero-order valence-electron chi connectivity index (χ0n) is 29.1. The molecule has 3 heteroatoms. The lowest BCUT2D eigenvalue weighted by atomic mass is 9.94. The van der Waals surface area contributed by atoms with Gasteiger partial charge >= 0.3 is 0 Å². The van der Waals surface area contributed by atoms with Gasteiger partial charge in [0.05, 0.1) is 11.4 Å². The molecule has 0 aliphatic heterocycles. The van der Waals surface area contributed by atoms with Crippen LogP contribution in [-0.4, -0.2) is 6.54 Å². The van der Waals surface area contributed by atoms with Crippen LogP contribution in [0.5, 0.6) is 0 Å². The van der Waals surface area contributed by atoms with Crippen molar-refractivity contribution in [2.45, 2.75) is 13.3 Å². The van der Waals surface area contributed by atoms with Crippen LogP contribution in [0.25, 0.3) is 77.1 Å². The Balaban J connectivity index is 1.21. The molecule has 7 aromatic carbocycles. The topological polar surface area (TPSA) is 51.2 Å². The highest BCUT2D eigenvalue weighted by atomic mass is 16.3. The van der Waals surface area contributed by atoms with Gasteiger partial charge in [-0.15, -0.1) is 0 Å². The zero-order valence-corrected chi connectivity index (χ0v) is 29.1. The van der Waals surface area contributed by atoms with E-state index in [4.69, 9.17) is 10.2 Å². The molecule has 3 nitrogen and oxygen atoms in total. The summed E-state index contributed by atoms with van der Waals surface area (Å²) >= 11 is 0. The van der Waals surface area contributed by atoms with E-state index in [9.17, 15) is 0 Å². The number of allylic oxidation sites excluding steroid dienone is 5. The molecule has 8 aromatic rings. The first-order valence-corrected chi connectivity index (χ1v) is 17.9. The first-order chi connectivity index (χ1) is 25.6. The van der Waals surface area contributed by atoms with Crippen molar-refractivity contribution in [2.24, 2.45) is 5.73 Å². The van der Waals surface area contributed by atoms with Crippen LogP contribution in [0.3, 0.4) is 0 Å². The van der Waals surface area contributed by atoms with Crippen LogP contribution < -0.4 is 11.1 Å². The smallest absolute Gasteiger partial charge is 0.143 e. The van der Waals surface area contributed by atoms with Crippen molar-refractivity contribution in [1.29, 1.82) is 0 Å². The second-order valence-corrected chi connectivity index (χ2v) is 13.6. The summed E-state index contributed by atoms with van der Waals surface area (Å²) in [4.78, 5) is 0. The summed E-state index contributed by atoms with van der Waals surface area (Å²) in [6.45, 7) is 2.87. The van der Waals surface area contributed by atoms with Crippen LogP contribution in [0, 0.1) is 0 Å². The Morgan fingerprint density at radius 3 is 2.19 bits per heavy atom. The largest absolute Gasteiger partial charge is 0.455 e. The Hall–Kier alpha value is -6.58. The van der Waals surface area contributed by atoms with Gasteiger partial charge in [-0.2, -0.15) is 0 Å². The molecule has 52 heavy (non-hydrogen) atoms. The van der Waals surface area contributed by atoms with Gasteiger partial charge in [0.15, 0.2) is 0 Å². The molecule has 0 spiro atoms. The molecule has 0 radical (unpaired) electrons. The van der Waals surface area contributed by atoms with Gasteiger partial charge in [-0.25, -0.2) is 0 Å². The monoisotopic (exact) mass is 670 g/mol. The second kappa shape index (κ2) is 13.3. The molecule has 0 fully saturated rings. The first-order valence-electron chi connectivity index (χ1n) is 17.9. The highest BCUT2D eigenvalue weighted by Crippen LogP contribution is 2.40. The SMILES string of the molecule is C/C(CN/C(=C(\N)c1cc2c3ccc(-c4ccc5ccccc5c4)cc3oc2c2ccccc12)c1cccc(-c2ccccc2)c1)=C1/C=CC=CC1. The molecule has 0 saturated carbocycles. The first kappa shape index (κ1) is 31.4. The molecule has 1 aliphatic rings. The molecule has 3 N–H and O–H groups in total. The van der Waals surface area contributed by atoms with E-state index in [2.05, 4.69) is 182 Å². The van der Waals surface area contributed by atoms with Crippen LogP contribution in [0.15, 0.2) is 185 Å². The third-order valence-electron chi connectivity index (χ3n) is 10.3. The van der Waals surface area contributed by atoms with E-state index in [0.717, 1.165) is 72.6 Å². The normalized spacial score (nSPS) is 14.3. The van der Waals surface area contributed by atoms with E-state index < -0.39 is 0 Å². The minimum absolute atomic E-state index is 0.672. The maximum absolute atomic E-state index is 7.39. The number of hydrogen-bond donors (Lipinski definition) is 2. The number of hydrogen-bond acceptors (Lipinski definition) is 3. The lowest BCUT2D eigenvalue weighted by molar-refractivity contribution is 0.673. The van der Waals surface area contributed by atoms with E-state index in [1.807, 2.05) is 0 Å². The van der Waals surface area contributed by atoms with Crippen molar-refractivity contribution in [2.75, 3.05) is 6.54 Å². The Kier molecular flexibility index (Phi) is 8.02. The third kappa shape index (κ3) is 5.76. The predicted octanol–water partition coefficient (Wildman–Crippen LogP) is 12.4. The second-order valence-electron chi connectivity index (χ2n) is 13.6. The molecule has 0 bridgehead atoms. The van der Waals surface area contributed by atoms with E-state index in [1.54, 1.807) is 0 Å². The molecule has 9 rings (SSSR count). The molecule has 0 amide bonds. The molecule has 0 unspecified atom stereocenters. The van der Waals surface area contributed by atoms with Crippen molar-refractivity contribution >= 4 is 54.9 Å². The van der Waals surface area contributed by atoms with Crippen molar-refractivity contribution in [1.82, 2.24) is 5.32 Å². The number of furan rings is 1. The van der Waals surface area contributed by atoms with Crippen molar-refractivity contribution in [3.8, 4) is 22.3 Å². The summed E-state index contributed by atoms with van der Waals surface area (Å²) in [6, 6.07) is 51.5. The average molecular weight is 671 g/mol. The summed E-state index contributed by atoms with van der Waals surface area (Å²) in [6.07, 6.45) is 9.55. The fourth-order valence-electron chi connectivity index (χ4n) is 7.51. The number of rotatable bonds is 7. The van der Waals surface area contributed by atoms with Gasteiger partial charge < -0.3 is 15.5 Å². The summed E-state index contributed by atoms with van der Waals surface area (Å²) < 4.78 is 6.72. The fraction of sp³-hybridized carbons (Fsp3) is 0.0612. The molecule has 250 valence electrons. The molecule has 1 aliphatic carbocycles. The molecule has 0 atom stereocenters. The van der Waals surface area contributed by atoms with Gasteiger partial charge in [0.2, 0.25) is 0 Å². The Morgan fingerprint density at radius 2 is 1.35 bits per heavy atom. The van der Waals surface area contributed by atoms with E-state index in [1.165, 1.54) is 27.5 Å². The molecule has 1 aromatic heterocycles. The molecular weight excluding hydrogens is 633 g/mol. The maximum atomic E-state index is 7.39. The molecular formula is C49H38N2O. The third-order valence-corrected chi connectivity index (χ3v) is 10.3. The van der Waals surface area contributed by atoms with E-state index in [-0.39, 0.29) is 0 Å². The van der Waals surface area contributed by atoms with Crippen molar-refractivity contribution < 1.29 is 4.42 Å². The standard InChI is InChI=1S/C49H38N2O/c1-32(33-13-4-2-5-14-33)31-51-48(40-20-12-19-37(28-40)34-15-6-3-7-16-34)47(50)44-30-45-42-26-25-39(38-24-23-35-17-8-9-18-36(35)27-38)29-46(42)52-49(45)43-22-11-10-21-41(43)44/h2-13,15-30,51H,14,31,50H2,1H3/b33-32+,48-47-. The van der Waals surface area contributed by atoms with Gasteiger partial charge in [-0.05, 0) is 87.7 Å². The summed E-state index contributed by atoms with van der Waals surface area (Å²) in [7, 11) is 0. The van der Waals surface area contributed by atoms with Crippen molar-refractivity contribution in [3.63, 3.8) is 0 Å². The van der Waals surface area contributed by atoms with E-state index >= 15 is 0 Å². The highest BCUT2D eigenvalue weighted by molar-refractivity contribution is 6.19. The quantitative estimate of drug-likeness (QED) is 0.166. The van der Waals surface area contributed by atoms with Crippen LogP contribution in [0.1, 0.15) is 24.5 Å². The van der Waals surface area contributed by atoms with Gasteiger partial charge in [-0.3, -0.25) is 0 Å². The van der Waals surface area contributed by atoms with Crippen LogP contribution in [-0.2, 0) is 0 Å². The summed E-state index contributed by atoms with van der Waals surface area (Å²) in [5.74, 6) is 0. The van der Waals surface area contributed by atoms with Crippen LogP contribution in [0.4, 0.5) is 0 Å². The van der Waals surface area contributed by atoms with Gasteiger partial charge in [0, 0.05) is 33.8 Å². The summed E-state index contributed by atoms with van der Waals surface area (Å²) in [5.41, 5.74) is 19.9. The predicted molar refractivity (Wildman–Crippen MR) is 221 cm³/mol. The lowest BCUT2D eigenvalue weighted by Crippen LogP contribution is -2.20. The Bertz CT molecular complexity index is 2780. The number of nitrogens with two attached hydrogens (primary N) is 1. The van der Waals surface area contributed by atoms with Crippen LogP contribution in [0.2, 0.25) is 0 Å². The minimum atomic E-state index is 0.672. The van der Waals surface area contributed by atoms with Crippen LogP contribution >= 0.6 is 0 Å². The fourth-order valence-corrected chi connectivity index (χ4v) is 7.51.